The summed E-state index contributed by atoms with van der Waals surface area (Å²) in [5.41, 5.74) is 1.60. The summed E-state index contributed by atoms with van der Waals surface area (Å²) in [5.74, 6) is 0. The van der Waals surface area contributed by atoms with Gasteiger partial charge in [-0.25, -0.2) is 9.59 Å². The van der Waals surface area contributed by atoms with E-state index in [2.05, 4.69) is 10.6 Å². The smallest absolute Gasteiger partial charge is 0.322 e. The topological polar surface area (TPSA) is 73.9 Å². The molecule has 2 saturated heterocycles. The van der Waals surface area contributed by atoms with Crippen LogP contribution in [0.2, 0.25) is 0 Å². The molecule has 4 amide bonds. The van der Waals surface area contributed by atoms with Gasteiger partial charge in [0.25, 0.3) is 0 Å². The number of rotatable bonds is 3. The van der Waals surface area contributed by atoms with Crippen LogP contribution in [-0.2, 0) is 11.3 Å². The number of para-hydroxylation sites is 1. The molecule has 7 nitrogen and oxygen atoms in total. The largest absolute Gasteiger partial charge is 0.371 e. The minimum absolute atomic E-state index is 0.0544. The van der Waals surface area contributed by atoms with Gasteiger partial charge in [0.2, 0.25) is 0 Å². The van der Waals surface area contributed by atoms with Gasteiger partial charge in [-0.3, -0.25) is 0 Å². The van der Waals surface area contributed by atoms with Crippen LogP contribution in [0.5, 0.6) is 0 Å². The van der Waals surface area contributed by atoms with Crippen LogP contribution in [0.1, 0.15) is 24.8 Å². The average molecular weight is 344 g/mol. The number of anilines is 1. The number of hydrogen-bond donors (Lipinski definition) is 2. The average Bonchev–Trinajstić information content (AvgIpc) is 3.00. The molecule has 0 radical (unpaired) electrons. The fraction of sp³-hybridized carbons (Fsp3) is 0.556. The summed E-state index contributed by atoms with van der Waals surface area (Å²) in [5, 5.41) is 5.83. The van der Waals surface area contributed by atoms with Gasteiger partial charge in [0, 0.05) is 31.9 Å². The first kappa shape index (κ1) is 16.2. The standard InChI is InChI=1S/C18H24N4O3/c23-16-19-8-9-21(16)12-14-4-1-2-5-15(14)20-17(24)22-10-11-25-18(13-22)6-3-7-18/h1-2,4-5H,3,6-13H2,(H,19,23)(H,20,24). The second-order valence-corrected chi connectivity index (χ2v) is 7.05. The van der Waals surface area contributed by atoms with Crippen LogP contribution in [0, 0.1) is 0 Å². The van der Waals surface area contributed by atoms with Gasteiger partial charge >= 0.3 is 12.1 Å². The van der Waals surface area contributed by atoms with Crippen LogP contribution in [-0.4, -0.2) is 60.2 Å². The molecule has 0 atom stereocenters. The normalized spacial score (nSPS) is 21.8. The highest BCUT2D eigenvalue weighted by Gasteiger charge is 2.43. The zero-order valence-corrected chi connectivity index (χ0v) is 14.3. The van der Waals surface area contributed by atoms with Crippen LogP contribution in [0.25, 0.3) is 0 Å². The van der Waals surface area contributed by atoms with Crippen molar-refractivity contribution in [1.82, 2.24) is 15.1 Å². The Kier molecular flexibility index (Phi) is 4.25. The third kappa shape index (κ3) is 3.28. The summed E-state index contributed by atoms with van der Waals surface area (Å²) >= 11 is 0. The number of carbonyl (C=O) groups excluding carboxylic acids is 2. The van der Waals surface area contributed by atoms with Crippen molar-refractivity contribution < 1.29 is 14.3 Å². The maximum atomic E-state index is 12.7. The fourth-order valence-electron chi connectivity index (χ4n) is 3.73. The van der Waals surface area contributed by atoms with E-state index in [-0.39, 0.29) is 17.7 Å². The van der Waals surface area contributed by atoms with Gasteiger partial charge in [-0.05, 0) is 30.9 Å². The Bertz CT molecular complexity index is 674. The second kappa shape index (κ2) is 6.55. The Hall–Kier alpha value is -2.28. The van der Waals surface area contributed by atoms with Crippen LogP contribution < -0.4 is 10.6 Å². The van der Waals surface area contributed by atoms with Crippen LogP contribution in [0.4, 0.5) is 15.3 Å². The molecule has 2 aliphatic heterocycles. The molecule has 0 aromatic heterocycles. The molecule has 0 bridgehead atoms. The number of urea groups is 2. The highest BCUT2D eigenvalue weighted by atomic mass is 16.5. The lowest BCUT2D eigenvalue weighted by atomic mass is 9.79. The van der Waals surface area contributed by atoms with Crippen molar-refractivity contribution in [3.05, 3.63) is 29.8 Å². The zero-order valence-electron chi connectivity index (χ0n) is 14.3. The number of nitrogens with zero attached hydrogens (tertiary/aromatic N) is 2. The molecule has 4 rings (SSSR count). The van der Waals surface area contributed by atoms with Crippen LogP contribution >= 0.6 is 0 Å². The Labute approximate surface area is 147 Å². The first-order chi connectivity index (χ1) is 12.2. The molecule has 134 valence electrons. The van der Waals surface area contributed by atoms with Gasteiger partial charge in [0.15, 0.2) is 0 Å². The predicted octanol–water partition coefficient (Wildman–Crippen LogP) is 2.00. The molecule has 1 aliphatic carbocycles. The van der Waals surface area contributed by atoms with E-state index in [0.717, 1.165) is 24.1 Å². The highest BCUT2D eigenvalue weighted by molar-refractivity contribution is 5.90. The lowest BCUT2D eigenvalue weighted by Gasteiger charge is -2.48. The number of morpholine rings is 1. The van der Waals surface area contributed by atoms with Gasteiger partial charge < -0.3 is 25.2 Å². The van der Waals surface area contributed by atoms with E-state index in [1.54, 1.807) is 4.90 Å². The molecule has 1 aromatic carbocycles. The van der Waals surface area contributed by atoms with Gasteiger partial charge in [0.05, 0.1) is 18.8 Å². The fourth-order valence-corrected chi connectivity index (χ4v) is 3.73. The molecule has 7 heteroatoms. The van der Waals surface area contributed by atoms with Crippen LogP contribution in [0.3, 0.4) is 0 Å². The van der Waals surface area contributed by atoms with Gasteiger partial charge in [-0.1, -0.05) is 18.2 Å². The molecular weight excluding hydrogens is 320 g/mol. The van der Waals surface area contributed by atoms with E-state index in [1.165, 1.54) is 6.42 Å². The Morgan fingerprint density at radius 2 is 2.12 bits per heavy atom. The second-order valence-electron chi connectivity index (χ2n) is 7.05. The molecule has 3 aliphatic rings. The summed E-state index contributed by atoms with van der Waals surface area (Å²) in [6.45, 7) is 3.73. The Morgan fingerprint density at radius 3 is 2.84 bits per heavy atom. The molecule has 3 fully saturated rings. The highest BCUT2D eigenvalue weighted by Crippen LogP contribution is 2.38. The number of nitrogens with one attached hydrogen (secondary N) is 2. The van der Waals surface area contributed by atoms with E-state index >= 15 is 0 Å². The number of amides is 4. The van der Waals surface area contributed by atoms with Crippen molar-refractivity contribution >= 4 is 17.7 Å². The first-order valence-electron chi connectivity index (χ1n) is 8.96. The van der Waals surface area contributed by atoms with E-state index in [4.69, 9.17) is 4.74 Å². The van der Waals surface area contributed by atoms with E-state index in [0.29, 0.717) is 39.3 Å². The summed E-state index contributed by atoms with van der Waals surface area (Å²) in [4.78, 5) is 28.1. The molecule has 25 heavy (non-hydrogen) atoms. The van der Waals surface area contributed by atoms with Crippen molar-refractivity contribution in [3.8, 4) is 0 Å². The summed E-state index contributed by atoms with van der Waals surface area (Å²) in [6, 6.07) is 7.52. The Morgan fingerprint density at radius 1 is 1.28 bits per heavy atom. The first-order valence-corrected chi connectivity index (χ1v) is 8.96. The summed E-state index contributed by atoms with van der Waals surface area (Å²) in [7, 11) is 0. The molecular formula is C18H24N4O3. The number of carbonyl (C=O) groups is 2. The zero-order chi connectivity index (χ0) is 17.3. The predicted molar refractivity (Wildman–Crippen MR) is 93.4 cm³/mol. The number of benzene rings is 1. The van der Waals surface area contributed by atoms with E-state index < -0.39 is 0 Å². The van der Waals surface area contributed by atoms with E-state index in [9.17, 15) is 9.59 Å². The summed E-state index contributed by atoms with van der Waals surface area (Å²) < 4.78 is 5.88. The third-order valence-corrected chi connectivity index (χ3v) is 5.37. The maximum Gasteiger partial charge on any atom is 0.322 e. The lowest BCUT2D eigenvalue weighted by molar-refractivity contribution is -0.140. The van der Waals surface area contributed by atoms with Gasteiger partial charge in [-0.2, -0.15) is 0 Å². The quantitative estimate of drug-likeness (QED) is 0.881. The monoisotopic (exact) mass is 344 g/mol. The lowest BCUT2D eigenvalue weighted by Crippen LogP contribution is -2.57. The van der Waals surface area contributed by atoms with Crippen molar-refractivity contribution in [2.24, 2.45) is 0 Å². The van der Waals surface area contributed by atoms with Crippen LogP contribution in [0.15, 0.2) is 24.3 Å². The summed E-state index contributed by atoms with van der Waals surface area (Å²) in [6.07, 6.45) is 3.26. The maximum absolute atomic E-state index is 12.7. The molecule has 1 aromatic rings. The van der Waals surface area contributed by atoms with E-state index in [1.807, 2.05) is 29.2 Å². The molecule has 2 heterocycles. The minimum Gasteiger partial charge on any atom is -0.371 e. The molecule has 1 spiro atoms. The van der Waals surface area contributed by atoms with Gasteiger partial charge in [0.1, 0.15) is 0 Å². The van der Waals surface area contributed by atoms with Gasteiger partial charge in [-0.15, -0.1) is 0 Å². The molecule has 2 N–H and O–H groups in total. The van der Waals surface area contributed by atoms with Crippen molar-refractivity contribution in [3.63, 3.8) is 0 Å². The number of hydrogen-bond acceptors (Lipinski definition) is 3. The SMILES string of the molecule is O=C1NCCN1Cc1ccccc1NC(=O)N1CCOC2(CCC2)C1. The minimum atomic E-state index is -0.108. The van der Waals surface area contributed by atoms with Crippen molar-refractivity contribution in [2.45, 2.75) is 31.4 Å². The molecule has 1 saturated carbocycles. The van der Waals surface area contributed by atoms with Crippen molar-refractivity contribution in [1.29, 1.82) is 0 Å². The number of ether oxygens (including phenoxy) is 1. The third-order valence-electron chi connectivity index (χ3n) is 5.37. The van der Waals surface area contributed by atoms with Crippen molar-refractivity contribution in [2.75, 3.05) is 38.1 Å². The molecule has 0 unspecified atom stereocenters. The Balaban J connectivity index is 1.43.